The highest BCUT2D eigenvalue weighted by molar-refractivity contribution is 5.91. The van der Waals surface area contributed by atoms with Crippen LogP contribution in [0.15, 0.2) is 81.9 Å². The van der Waals surface area contributed by atoms with Gasteiger partial charge in [-0.05, 0) is 50.0 Å². The van der Waals surface area contributed by atoms with Crippen molar-refractivity contribution in [2.75, 3.05) is 19.8 Å². The molecule has 2 N–H and O–H groups in total. The van der Waals surface area contributed by atoms with E-state index in [1.807, 2.05) is 43.3 Å². The molecule has 1 amide bonds. The smallest absolute Gasteiger partial charge is 0.286 e. The van der Waals surface area contributed by atoms with Crippen LogP contribution in [-0.4, -0.2) is 37.1 Å². The van der Waals surface area contributed by atoms with Gasteiger partial charge in [0.25, 0.3) is 5.91 Å². The van der Waals surface area contributed by atoms with E-state index in [1.54, 1.807) is 24.3 Å². The molecule has 0 saturated heterocycles. The topological polar surface area (TPSA) is 98.0 Å². The summed E-state index contributed by atoms with van der Waals surface area (Å²) >= 11 is 0. The highest BCUT2D eigenvalue weighted by Gasteiger charge is 2.39. The molecule has 2 aromatic carbocycles. The molecule has 0 aliphatic carbocycles. The SMILES string of the molecule is CCO[C@H]1OC(C(=O)NCCc2ccccc2)=C[C@@H](c2coc3ccccc3c2=O)[C@@H]1CCCO. The number of amides is 1. The van der Waals surface area contributed by atoms with Gasteiger partial charge >= 0.3 is 0 Å². The molecular formula is C28H31NO6. The Bertz CT molecular complexity index is 1220. The number of nitrogens with one attached hydrogen (secondary N) is 1. The molecule has 7 nitrogen and oxygen atoms in total. The van der Waals surface area contributed by atoms with Crippen molar-refractivity contribution in [3.8, 4) is 0 Å². The van der Waals surface area contributed by atoms with E-state index in [0.717, 1.165) is 5.56 Å². The predicted octanol–water partition coefficient (Wildman–Crippen LogP) is 3.90. The monoisotopic (exact) mass is 477 g/mol. The first-order valence-electron chi connectivity index (χ1n) is 12.1. The van der Waals surface area contributed by atoms with E-state index in [2.05, 4.69) is 5.32 Å². The molecule has 35 heavy (non-hydrogen) atoms. The summed E-state index contributed by atoms with van der Waals surface area (Å²) in [6.45, 7) is 2.68. The molecule has 0 unspecified atom stereocenters. The third-order valence-corrected chi connectivity index (χ3v) is 6.24. The molecule has 2 heterocycles. The molecule has 0 saturated carbocycles. The van der Waals surface area contributed by atoms with Crippen molar-refractivity contribution in [2.24, 2.45) is 5.92 Å². The van der Waals surface area contributed by atoms with Crippen LogP contribution in [0.5, 0.6) is 0 Å². The van der Waals surface area contributed by atoms with Crippen LogP contribution in [0.1, 0.15) is 36.8 Å². The lowest BCUT2D eigenvalue weighted by molar-refractivity contribution is -0.166. The number of para-hydroxylation sites is 1. The van der Waals surface area contributed by atoms with Crippen LogP contribution in [-0.2, 0) is 20.7 Å². The number of carbonyl (C=O) groups is 1. The van der Waals surface area contributed by atoms with Gasteiger partial charge in [-0.25, -0.2) is 0 Å². The summed E-state index contributed by atoms with van der Waals surface area (Å²) in [5.41, 5.74) is 1.91. The second-order valence-corrected chi connectivity index (χ2v) is 8.54. The number of aliphatic hydroxyl groups excluding tert-OH is 1. The zero-order valence-electron chi connectivity index (χ0n) is 19.8. The molecule has 3 aromatic rings. The van der Waals surface area contributed by atoms with Crippen LogP contribution < -0.4 is 10.7 Å². The summed E-state index contributed by atoms with van der Waals surface area (Å²) < 4.78 is 17.6. The number of ether oxygens (including phenoxy) is 2. The Morgan fingerprint density at radius 3 is 2.66 bits per heavy atom. The lowest BCUT2D eigenvalue weighted by atomic mass is 9.81. The third kappa shape index (κ3) is 5.81. The average molecular weight is 478 g/mol. The first-order valence-corrected chi connectivity index (χ1v) is 12.1. The molecule has 0 fully saturated rings. The molecule has 3 atom stereocenters. The molecular weight excluding hydrogens is 446 g/mol. The summed E-state index contributed by atoms with van der Waals surface area (Å²) in [5, 5.41) is 12.8. The van der Waals surface area contributed by atoms with E-state index in [-0.39, 0.29) is 29.6 Å². The Labute approximate surface area is 204 Å². The maximum absolute atomic E-state index is 13.4. The number of hydrogen-bond acceptors (Lipinski definition) is 6. The van der Waals surface area contributed by atoms with Gasteiger partial charge in [0.2, 0.25) is 6.29 Å². The van der Waals surface area contributed by atoms with Gasteiger partial charge in [-0.15, -0.1) is 0 Å². The second kappa shape index (κ2) is 11.8. The predicted molar refractivity (Wildman–Crippen MR) is 133 cm³/mol. The Morgan fingerprint density at radius 1 is 1.11 bits per heavy atom. The lowest BCUT2D eigenvalue weighted by Gasteiger charge is -2.36. The Balaban J connectivity index is 1.64. The third-order valence-electron chi connectivity index (χ3n) is 6.24. The fourth-order valence-electron chi connectivity index (χ4n) is 4.50. The fraction of sp³-hybridized carbons (Fsp3) is 0.357. The van der Waals surface area contributed by atoms with Crippen molar-refractivity contribution >= 4 is 16.9 Å². The number of aliphatic hydroxyl groups is 1. The quantitative estimate of drug-likeness (QED) is 0.460. The second-order valence-electron chi connectivity index (χ2n) is 8.54. The van der Waals surface area contributed by atoms with E-state index < -0.39 is 12.2 Å². The van der Waals surface area contributed by atoms with Crippen LogP contribution in [0, 0.1) is 5.92 Å². The molecule has 0 spiro atoms. The summed E-state index contributed by atoms with van der Waals surface area (Å²) in [4.78, 5) is 26.4. The van der Waals surface area contributed by atoms with E-state index >= 15 is 0 Å². The van der Waals surface area contributed by atoms with E-state index in [4.69, 9.17) is 13.9 Å². The molecule has 1 aromatic heterocycles. The molecule has 1 aliphatic rings. The number of allylic oxidation sites excluding steroid dienone is 1. The van der Waals surface area contributed by atoms with Gasteiger partial charge in [-0.1, -0.05) is 42.5 Å². The van der Waals surface area contributed by atoms with Crippen molar-refractivity contribution in [1.29, 1.82) is 0 Å². The van der Waals surface area contributed by atoms with Gasteiger partial charge < -0.3 is 24.3 Å². The van der Waals surface area contributed by atoms with Crippen LogP contribution in [0.2, 0.25) is 0 Å². The van der Waals surface area contributed by atoms with Gasteiger partial charge in [0.05, 0.1) is 11.6 Å². The minimum atomic E-state index is -0.734. The zero-order valence-corrected chi connectivity index (χ0v) is 19.8. The number of fused-ring (bicyclic) bond motifs is 1. The molecule has 184 valence electrons. The first-order chi connectivity index (χ1) is 17.1. The summed E-state index contributed by atoms with van der Waals surface area (Å²) in [7, 11) is 0. The van der Waals surface area contributed by atoms with Crippen LogP contribution in [0.25, 0.3) is 11.0 Å². The maximum Gasteiger partial charge on any atom is 0.286 e. The zero-order chi connectivity index (χ0) is 24.6. The number of benzene rings is 2. The van der Waals surface area contributed by atoms with Gasteiger partial charge in [0, 0.05) is 37.2 Å². The first kappa shape index (κ1) is 24.7. The van der Waals surface area contributed by atoms with E-state index in [1.165, 1.54) is 6.26 Å². The Morgan fingerprint density at radius 2 is 1.89 bits per heavy atom. The van der Waals surface area contributed by atoms with E-state index in [9.17, 15) is 14.7 Å². The van der Waals surface area contributed by atoms with Crippen LogP contribution >= 0.6 is 0 Å². The number of hydrogen-bond donors (Lipinski definition) is 2. The summed E-state index contributed by atoms with van der Waals surface area (Å²) in [6.07, 6.45) is 4.18. The molecule has 0 radical (unpaired) electrons. The minimum Gasteiger partial charge on any atom is -0.464 e. The van der Waals surface area contributed by atoms with Crippen LogP contribution in [0.3, 0.4) is 0 Å². The summed E-state index contributed by atoms with van der Waals surface area (Å²) in [5.74, 6) is -0.981. The Hall–Kier alpha value is -3.42. The lowest BCUT2D eigenvalue weighted by Crippen LogP contribution is -2.40. The van der Waals surface area contributed by atoms with Gasteiger partial charge in [-0.2, -0.15) is 0 Å². The largest absolute Gasteiger partial charge is 0.464 e. The molecule has 1 aliphatic heterocycles. The fourth-order valence-corrected chi connectivity index (χ4v) is 4.50. The minimum absolute atomic E-state index is 0.00490. The van der Waals surface area contributed by atoms with Crippen LogP contribution in [0.4, 0.5) is 0 Å². The van der Waals surface area contributed by atoms with Gasteiger partial charge in [0.15, 0.2) is 11.2 Å². The maximum atomic E-state index is 13.4. The van der Waals surface area contributed by atoms with Gasteiger partial charge in [-0.3, -0.25) is 9.59 Å². The Kier molecular flexibility index (Phi) is 8.34. The van der Waals surface area contributed by atoms with Crippen molar-refractivity contribution in [3.05, 3.63) is 94.0 Å². The van der Waals surface area contributed by atoms with Gasteiger partial charge in [0.1, 0.15) is 5.58 Å². The number of carbonyl (C=O) groups excluding carboxylic acids is 1. The van der Waals surface area contributed by atoms with Crippen molar-refractivity contribution in [2.45, 2.75) is 38.4 Å². The van der Waals surface area contributed by atoms with Crippen molar-refractivity contribution in [1.82, 2.24) is 5.32 Å². The standard InChI is InChI=1S/C28H31NO6/c1-2-33-28-20(12-8-16-30)22(23-18-34-24-13-7-6-11-21(24)26(23)31)17-25(35-28)27(32)29-15-14-19-9-4-3-5-10-19/h3-7,9-11,13,17-18,20,22,28,30H,2,8,12,14-16H2,1H3,(H,29,32)/t20-,22+,28-/m0/s1. The van der Waals surface area contributed by atoms with E-state index in [0.29, 0.717) is 48.9 Å². The number of rotatable bonds is 10. The molecule has 7 heteroatoms. The molecule has 4 rings (SSSR count). The molecule has 0 bridgehead atoms. The van der Waals surface area contributed by atoms with Crippen molar-refractivity contribution < 1.29 is 23.8 Å². The summed E-state index contributed by atoms with van der Waals surface area (Å²) in [6, 6.07) is 17.0. The highest BCUT2D eigenvalue weighted by atomic mass is 16.7. The normalized spacial score (nSPS) is 19.7. The van der Waals surface area contributed by atoms with Crippen molar-refractivity contribution in [3.63, 3.8) is 0 Å². The average Bonchev–Trinajstić information content (AvgIpc) is 2.89. The highest BCUT2D eigenvalue weighted by Crippen LogP contribution is 2.38.